The second-order valence-corrected chi connectivity index (χ2v) is 10.0. The van der Waals surface area contributed by atoms with Crippen LogP contribution in [0.4, 0.5) is 0 Å². The number of Topliss-reactive ketones (excluding diaryl/α,β-unsaturated/α-hetero) is 2. The van der Waals surface area contributed by atoms with Gasteiger partial charge in [-0.3, -0.25) is 19.3 Å². The molecular formula is C31H34N2O3. The average Bonchev–Trinajstić information content (AvgIpc) is 2.90. The number of rotatable bonds is 7. The number of likely N-dealkylation sites (tertiary alicyclic amines) is 1. The first-order chi connectivity index (χ1) is 17.3. The normalized spacial score (nSPS) is 20.1. The third-order valence-corrected chi connectivity index (χ3v) is 7.34. The van der Waals surface area contributed by atoms with Crippen LogP contribution in [0.3, 0.4) is 0 Å². The van der Waals surface area contributed by atoms with Gasteiger partial charge in [0.15, 0.2) is 11.6 Å². The summed E-state index contributed by atoms with van der Waals surface area (Å²) in [6.45, 7) is 5.14. The Bertz CT molecular complexity index is 1180. The van der Waals surface area contributed by atoms with Gasteiger partial charge in [-0.15, -0.1) is 0 Å². The van der Waals surface area contributed by atoms with Gasteiger partial charge < -0.3 is 4.90 Å². The largest absolute Gasteiger partial charge is 0.348 e. The van der Waals surface area contributed by atoms with Crippen molar-refractivity contribution < 1.29 is 14.4 Å². The molecule has 1 aliphatic rings. The number of amides is 1. The Morgan fingerprint density at radius 3 is 1.69 bits per heavy atom. The van der Waals surface area contributed by atoms with E-state index in [2.05, 4.69) is 32.0 Å². The van der Waals surface area contributed by atoms with Gasteiger partial charge in [0.05, 0.1) is 6.54 Å². The van der Waals surface area contributed by atoms with Crippen LogP contribution in [0.5, 0.6) is 0 Å². The second kappa shape index (κ2) is 11.0. The van der Waals surface area contributed by atoms with E-state index in [0.29, 0.717) is 24.2 Å². The molecule has 1 fully saturated rings. The third-order valence-electron chi connectivity index (χ3n) is 7.34. The Kier molecular flexibility index (Phi) is 7.80. The zero-order valence-corrected chi connectivity index (χ0v) is 21.5. The summed E-state index contributed by atoms with van der Waals surface area (Å²) in [7, 11) is 3.45. The van der Waals surface area contributed by atoms with Crippen LogP contribution < -0.4 is 0 Å². The summed E-state index contributed by atoms with van der Waals surface area (Å²) in [6.07, 6.45) is 0. The van der Waals surface area contributed by atoms with Crippen LogP contribution in [0.2, 0.25) is 0 Å². The van der Waals surface area contributed by atoms with Crippen LogP contribution in [0.15, 0.2) is 78.9 Å². The van der Waals surface area contributed by atoms with E-state index >= 15 is 0 Å². The van der Waals surface area contributed by atoms with Gasteiger partial charge in [0.1, 0.15) is 0 Å². The van der Waals surface area contributed by atoms with Crippen molar-refractivity contribution >= 4 is 17.5 Å². The van der Waals surface area contributed by atoms with Crippen molar-refractivity contribution in [2.24, 2.45) is 11.8 Å². The van der Waals surface area contributed by atoms with E-state index < -0.39 is 11.8 Å². The molecule has 2 unspecified atom stereocenters. The molecule has 186 valence electrons. The highest BCUT2D eigenvalue weighted by atomic mass is 16.2. The summed E-state index contributed by atoms with van der Waals surface area (Å²) in [5.41, 5.74) is 4.56. The van der Waals surface area contributed by atoms with Gasteiger partial charge >= 0.3 is 0 Å². The van der Waals surface area contributed by atoms with E-state index in [-0.39, 0.29) is 29.9 Å². The molecule has 4 rings (SSSR count). The van der Waals surface area contributed by atoms with E-state index in [4.69, 9.17) is 0 Å². The van der Waals surface area contributed by atoms with Crippen LogP contribution in [-0.4, -0.2) is 61.0 Å². The van der Waals surface area contributed by atoms with Gasteiger partial charge in [-0.1, -0.05) is 78.9 Å². The maximum atomic E-state index is 14.0. The Balaban J connectivity index is 1.82. The lowest BCUT2D eigenvalue weighted by Crippen LogP contribution is -2.52. The number of benzene rings is 3. The van der Waals surface area contributed by atoms with E-state index in [1.54, 1.807) is 19.0 Å². The maximum Gasteiger partial charge on any atom is 0.236 e. The maximum absolute atomic E-state index is 14.0. The monoisotopic (exact) mass is 482 g/mol. The van der Waals surface area contributed by atoms with Gasteiger partial charge in [0.25, 0.3) is 0 Å². The van der Waals surface area contributed by atoms with Gasteiger partial charge in [0, 0.05) is 56.1 Å². The minimum Gasteiger partial charge on any atom is -0.348 e. The highest BCUT2D eigenvalue weighted by Gasteiger charge is 2.45. The molecule has 0 spiro atoms. The molecule has 3 aromatic rings. The SMILES string of the molecule is Cc1ccc(C2C(C(=O)c3ccccc3)CN(CC(=O)N(C)C)CC2C(=O)c2ccccc2)cc1C. The lowest BCUT2D eigenvalue weighted by molar-refractivity contribution is -0.130. The van der Waals surface area contributed by atoms with Crippen molar-refractivity contribution in [3.05, 3.63) is 107 Å². The van der Waals surface area contributed by atoms with E-state index in [1.807, 2.05) is 65.6 Å². The number of piperidine rings is 1. The Morgan fingerprint density at radius 2 is 1.25 bits per heavy atom. The first kappa shape index (κ1) is 25.5. The third kappa shape index (κ3) is 5.47. The smallest absolute Gasteiger partial charge is 0.236 e. The van der Waals surface area contributed by atoms with Crippen molar-refractivity contribution in [2.45, 2.75) is 19.8 Å². The van der Waals surface area contributed by atoms with Crippen LogP contribution in [0, 0.1) is 25.7 Å². The topological polar surface area (TPSA) is 57.7 Å². The lowest BCUT2D eigenvalue weighted by Gasteiger charge is -2.43. The molecule has 0 N–H and O–H groups in total. The highest BCUT2D eigenvalue weighted by Crippen LogP contribution is 2.41. The number of likely N-dealkylation sites (N-methyl/N-ethyl adjacent to an activating group) is 1. The number of hydrogen-bond acceptors (Lipinski definition) is 4. The molecule has 0 bridgehead atoms. The zero-order chi connectivity index (χ0) is 25.8. The Hall–Kier alpha value is -3.57. The molecule has 1 saturated heterocycles. The summed E-state index contributed by atoms with van der Waals surface area (Å²) < 4.78 is 0. The standard InChI is InChI=1S/C31H34N2O3/c1-21-15-16-25(17-22(21)2)29-26(30(35)23-11-7-5-8-12-23)18-33(20-28(34)32(3)4)19-27(29)31(36)24-13-9-6-10-14-24/h5-17,26-27,29H,18-20H2,1-4H3. The number of hydrogen-bond donors (Lipinski definition) is 0. The molecule has 3 aromatic carbocycles. The molecule has 0 aromatic heterocycles. The summed E-state index contributed by atoms with van der Waals surface area (Å²) in [5, 5.41) is 0. The molecule has 0 radical (unpaired) electrons. The average molecular weight is 483 g/mol. The first-order valence-corrected chi connectivity index (χ1v) is 12.4. The number of nitrogens with zero attached hydrogens (tertiary/aromatic N) is 2. The predicted molar refractivity (Wildman–Crippen MR) is 142 cm³/mol. The van der Waals surface area contributed by atoms with Crippen LogP contribution in [-0.2, 0) is 4.79 Å². The Morgan fingerprint density at radius 1 is 0.750 bits per heavy atom. The molecule has 5 heteroatoms. The highest BCUT2D eigenvalue weighted by molar-refractivity contribution is 6.02. The molecule has 0 saturated carbocycles. The predicted octanol–water partition coefficient (Wildman–Crippen LogP) is 4.79. The summed E-state index contributed by atoms with van der Waals surface area (Å²) in [4.78, 5) is 44.1. The van der Waals surface area contributed by atoms with Gasteiger partial charge in [0.2, 0.25) is 5.91 Å². The quantitative estimate of drug-likeness (QED) is 0.455. The fraction of sp³-hybridized carbons (Fsp3) is 0.323. The lowest BCUT2D eigenvalue weighted by atomic mass is 9.68. The molecular weight excluding hydrogens is 448 g/mol. The summed E-state index contributed by atoms with van der Waals surface area (Å²) >= 11 is 0. The van der Waals surface area contributed by atoms with Crippen LogP contribution >= 0.6 is 0 Å². The van der Waals surface area contributed by atoms with Crippen molar-refractivity contribution in [1.82, 2.24) is 9.80 Å². The summed E-state index contributed by atoms with van der Waals surface area (Å²) in [5.74, 6) is -1.25. The minimum absolute atomic E-state index is 0.00620. The molecule has 5 nitrogen and oxygen atoms in total. The fourth-order valence-electron chi connectivity index (χ4n) is 5.16. The van der Waals surface area contributed by atoms with Crippen molar-refractivity contribution in [1.29, 1.82) is 0 Å². The number of aryl methyl sites for hydroxylation is 2. The Labute approximate surface area is 213 Å². The van der Waals surface area contributed by atoms with Crippen molar-refractivity contribution in [3.8, 4) is 0 Å². The fourth-order valence-corrected chi connectivity index (χ4v) is 5.16. The summed E-state index contributed by atoms with van der Waals surface area (Å²) in [6, 6.07) is 24.8. The van der Waals surface area contributed by atoms with Crippen LogP contribution in [0.25, 0.3) is 0 Å². The molecule has 1 amide bonds. The molecule has 0 aliphatic carbocycles. The molecule has 36 heavy (non-hydrogen) atoms. The van der Waals surface area contributed by atoms with Gasteiger partial charge in [-0.25, -0.2) is 0 Å². The molecule has 1 heterocycles. The van der Waals surface area contributed by atoms with E-state index in [9.17, 15) is 14.4 Å². The van der Waals surface area contributed by atoms with Crippen LogP contribution in [0.1, 0.15) is 43.3 Å². The van der Waals surface area contributed by atoms with Crippen molar-refractivity contribution in [3.63, 3.8) is 0 Å². The molecule has 1 aliphatic heterocycles. The molecule has 2 atom stereocenters. The van der Waals surface area contributed by atoms with E-state index in [1.165, 1.54) is 5.56 Å². The second-order valence-electron chi connectivity index (χ2n) is 10.0. The minimum atomic E-state index is -0.462. The van der Waals surface area contributed by atoms with Crippen molar-refractivity contribution in [2.75, 3.05) is 33.7 Å². The first-order valence-electron chi connectivity index (χ1n) is 12.4. The van der Waals surface area contributed by atoms with Gasteiger partial charge in [-0.2, -0.15) is 0 Å². The van der Waals surface area contributed by atoms with E-state index in [0.717, 1.165) is 11.1 Å². The number of carbonyl (C=O) groups is 3. The van der Waals surface area contributed by atoms with Gasteiger partial charge in [-0.05, 0) is 30.5 Å². The zero-order valence-electron chi connectivity index (χ0n) is 21.5. The number of carbonyl (C=O) groups excluding carboxylic acids is 3. The number of ketones is 2.